The molecule has 1 amide bonds. The number of rotatable bonds is 12. The SMILES string of the molecule is COc1ccc(S(=O)(=O)N(CCO)CCO[C@@H]2C[C@H](c3ccccc3)C=C(C(=O)N(C)C3CCCCC3)O2)cc1. The molecule has 2 aromatic rings. The monoisotopic (exact) mass is 572 g/mol. The van der Waals surface area contributed by atoms with Crippen LogP contribution in [0, 0.1) is 0 Å². The number of nitrogens with zero attached hydrogens (tertiary/aromatic N) is 2. The van der Waals surface area contributed by atoms with Crippen molar-refractivity contribution in [1.29, 1.82) is 0 Å². The minimum Gasteiger partial charge on any atom is -0.497 e. The molecule has 1 fully saturated rings. The van der Waals surface area contributed by atoms with E-state index in [0.717, 1.165) is 31.2 Å². The highest BCUT2D eigenvalue weighted by Gasteiger charge is 2.33. The zero-order chi connectivity index (χ0) is 28.5. The van der Waals surface area contributed by atoms with Gasteiger partial charge in [0.05, 0.1) is 25.2 Å². The summed E-state index contributed by atoms with van der Waals surface area (Å²) >= 11 is 0. The molecule has 10 heteroatoms. The lowest BCUT2D eigenvalue weighted by Crippen LogP contribution is -2.41. The molecule has 4 rings (SSSR count). The number of benzene rings is 2. The van der Waals surface area contributed by atoms with E-state index in [2.05, 4.69) is 0 Å². The first-order valence-electron chi connectivity index (χ1n) is 13.9. The summed E-state index contributed by atoms with van der Waals surface area (Å²) in [5, 5.41) is 9.55. The third kappa shape index (κ3) is 7.42. The quantitative estimate of drug-likeness (QED) is 0.411. The average Bonchev–Trinajstić information content (AvgIpc) is 3.00. The molecule has 2 atom stereocenters. The predicted molar refractivity (Wildman–Crippen MR) is 151 cm³/mol. The van der Waals surface area contributed by atoms with Gasteiger partial charge in [-0.25, -0.2) is 8.42 Å². The number of amides is 1. The van der Waals surface area contributed by atoms with Crippen LogP contribution in [0.15, 0.2) is 71.3 Å². The van der Waals surface area contributed by atoms with E-state index in [4.69, 9.17) is 14.2 Å². The largest absolute Gasteiger partial charge is 0.497 e. The molecule has 2 aromatic carbocycles. The van der Waals surface area contributed by atoms with E-state index in [0.29, 0.717) is 12.2 Å². The molecule has 0 aromatic heterocycles. The number of aliphatic hydroxyl groups is 1. The molecule has 0 unspecified atom stereocenters. The van der Waals surface area contributed by atoms with Crippen LogP contribution in [0.3, 0.4) is 0 Å². The summed E-state index contributed by atoms with van der Waals surface area (Å²) < 4.78 is 44.9. The first-order valence-corrected chi connectivity index (χ1v) is 15.3. The Labute approximate surface area is 237 Å². The number of sulfonamides is 1. The van der Waals surface area contributed by atoms with Crippen molar-refractivity contribution in [2.45, 2.75) is 61.7 Å². The molecule has 0 saturated heterocycles. The van der Waals surface area contributed by atoms with E-state index in [9.17, 15) is 18.3 Å². The van der Waals surface area contributed by atoms with Gasteiger partial charge in [0.2, 0.25) is 16.3 Å². The van der Waals surface area contributed by atoms with Crippen molar-refractivity contribution >= 4 is 15.9 Å². The van der Waals surface area contributed by atoms with Gasteiger partial charge < -0.3 is 24.2 Å². The fraction of sp³-hybridized carbons (Fsp3) is 0.500. The van der Waals surface area contributed by atoms with E-state index in [1.807, 2.05) is 43.5 Å². The Kier molecular flexibility index (Phi) is 10.6. The molecule has 1 saturated carbocycles. The Morgan fingerprint density at radius 1 is 1.02 bits per heavy atom. The predicted octanol–water partition coefficient (Wildman–Crippen LogP) is 3.90. The van der Waals surface area contributed by atoms with E-state index < -0.39 is 16.3 Å². The number of hydrogen-bond donors (Lipinski definition) is 1. The summed E-state index contributed by atoms with van der Waals surface area (Å²) in [6.07, 6.45) is 7.04. The maximum absolute atomic E-state index is 13.5. The Hall–Kier alpha value is -2.92. The summed E-state index contributed by atoms with van der Waals surface area (Å²) in [6.45, 7) is -0.368. The molecular formula is C30H40N2O7S. The molecule has 1 aliphatic heterocycles. The van der Waals surface area contributed by atoms with E-state index in [1.54, 1.807) is 17.0 Å². The maximum atomic E-state index is 13.5. The highest BCUT2D eigenvalue weighted by atomic mass is 32.2. The van der Waals surface area contributed by atoms with Crippen LogP contribution in [0.1, 0.15) is 50.0 Å². The van der Waals surface area contributed by atoms with Crippen LogP contribution in [-0.2, 0) is 24.3 Å². The van der Waals surface area contributed by atoms with Crippen LogP contribution in [0.2, 0.25) is 0 Å². The first-order chi connectivity index (χ1) is 19.3. The Bertz CT molecular complexity index is 1230. The number of methoxy groups -OCH3 is 1. The highest BCUT2D eigenvalue weighted by Crippen LogP contribution is 2.33. The number of ether oxygens (including phenoxy) is 3. The molecule has 1 heterocycles. The van der Waals surface area contributed by atoms with Crippen molar-refractivity contribution in [3.8, 4) is 5.75 Å². The second-order valence-corrected chi connectivity index (χ2v) is 12.2. The number of likely N-dealkylation sites (N-methyl/N-ethyl adjacent to an activating group) is 1. The summed E-state index contributed by atoms with van der Waals surface area (Å²) in [7, 11) is -0.523. The topological polar surface area (TPSA) is 106 Å². The van der Waals surface area contributed by atoms with Gasteiger partial charge in [-0.3, -0.25) is 4.79 Å². The van der Waals surface area contributed by atoms with Crippen molar-refractivity contribution in [1.82, 2.24) is 9.21 Å². The molecule has 0 bridgehead atoms. The van der Waals surface area contributed by atoms with E-state index in [1.165, 1.54) is 30.0 Å². The van der Waals surface area contributed by atoms with Gasteiger partial charge in [0.25, 0.3) is 5.91 Å². The van der Waals surface area contributed by atoms with Crippen LogP contribution in [-0.4, -0.2) is 81.4 Å². The van der Waals surface area contributed by atoms with Crippen LogP contribution in [0.5, 0.6) is 5.75 Å². The van der Waals surface area contributed by atoms with Crippen molar-refractivity contribution in [2.75, 3.05) is 40.5 Å². The minimum absolute atomic E-state index is 0.0136. The summed E-state index contributed by atoms with van der Waals surface area (Å²) in [5.74, 6) is 0.558. The zero-order valence-corrected chi connectivity index (χ0v) is 24.1. The fourth-order valence-corrected chi connectivity index (χ4v) is 6.71. The van der Waals surface area contributed by atoms with Gasteiger partial charge in [-0.2, -0.15) is 4.31 Å². The van der Waals surface area contributed by atoms with Gasteiger partial charge in [-0.1, -0.05) is 49.6 Å². The standard InChI is InChI=1S/C30H40N2O7S/c1-31(25-11-7-4-8-12-25)30(34)28-21-24(23-9-5-3-6-10-23)22-29(39-28)38-20-18-32(17-19-33)40(35,36)27-15-13-26(37-2)14-16-27/h3,5-6,9-10,13-16,21,24-25,29,33H,4,7-8,11-12,17-20,22H2,1-2H3/t24-,29+/m1/s1. The lowest BCUT2D eigenvalue weighted by atomic mass is 9.92. The second-order valence-electron chi connectivity index (χ2n) is 10.2. The molecule has 0 radical (unpaired) electrons. The highest BCUT2D eigenvalue weighted by molar-refractivity contribution is 7.89. The number of carbonyl (C=O) groups is 1. The third-order valence-electron chi connectivity index (χ3n) is 7.63. The van der Waals surface area contributed by atoms with Crippen molar-refractivity contribution in [3.63, 3.8) is 0 Å². The normalized spacial score (nSPS) is 20.1. The van der Waals surface area contributed by atoms with E-state index >= 15 is 0 Å². The number of aliphatic hydroxyl groups excluding tert-OH is 1. The van der Waals surface area contributed by atoms with Gasteiger partial charge in [0, 0.05) is 38.5 Å². The number of allylic oxidation sites excluding steroid dienone is 1. The van der Waals surface area contributed by atoms with Crippen molar-refractivity contribution in [2.24, 2.45) is 0 Å². The smallest absolute Gasteiger partial charge is 0.288 e. The summed E-state index contributed by atoms with van der Waals surface area (Å²) in [4.78, 5) is 15.4. The summed E-state index contributed by atoms with van der Waals surface area (Å²) in [6, 6.07) is 16.2. The zero-order valence-electron chi connectivity index (χ0n) is 23.3. The Morgan fingerprint density at radius 2 is 1.73 bits per heavy atom. The molecule has 2 aliphatic rings. The third-order valence-corrected chi connectivity index (χ3v) is 9.54. The molecule has 9 nitrogen and oxygen atoms in total. The van der Waals surface area contributed by atoms with Gasteiger partial charge in [-0.05, 0) is 48.7 Å². The van der Waals surface area contributed by atoms with Crippen LogP contribution < -0.4 is 4.74 Å². The maximum Gasteiger partial charge on any atom is 0.288 e. The lowest BCUT2D eigenvalue weighted by molar-refractivity contribution is -0.153. The average molecular weight is 573 g/mol. The van der Waals surface area contributed by atoms with Crippen molar-refractivity contribution in [3.05, 3.63) is 72.0 Å². The lowest BCUT2D eigenvalue weighted by Gasteiger charge is -2.35. The van der Waals surface area contributed by atoms with E-state index in [-0.39, 0.29) is 54.8 Å². The molecule has 40 heavy (non-hydrogen) atoms. The molecule has 1 N–H and O–H groups in total. The number of carbonyl (C=O) groups excluding carboxylic acids is 1. The molecule has 1 aliphatic carbocycles. The summed E-state index contributed by atoms with van der Waals surface area (Å²) in [5.41, 5.74) is 1.05. The number of hydrogen-bond acceptors (Lipinski definition) is 7. The van der Waals surface area contributed by atoms with Gasteiger partial charge in [-0.15, -0.1) is 0 Å². The van der Waals surface area contributed by atoms with Crippen LogP contribution >= 0.6 is 0 Å². The van der Waals surface area contributed by atoms with Gasteiger partial charge in [0.1, 0.15) is 5.75 Å². The van der Waals surface area contributed by atoms with Crippen LogP contribution in [0.4, 0.5) is 0 Å². The molecule has 0 spiro atoms. The second kappa shape index (κ2) is 14.1. The fourth-order valence-electron chi connectivity index (χ4n) is 5.30. The molecular weight excluding hydrogens is 532 g/mol. The minimum atomic E-state index is -3.87. The van der Waals surface area contributed by atoms with Gasteiger partial charge >= 0.3 is 0 Å². The Balaban J connectivity index is 1.45. The first kappa shape index (κ1) is 30.0. The van der Waals surface area contributed by atoms with Gasteiger partial charge in [0.15, 0.2) is 5.76 Å². The van der Waals surface area contributed by atoms with Crippen LogP contribution in [0.25, 0.3) is 0 Å². The Morgan fingerprint density at radius 3 is 2.38 bits per heavy atom. The molecule has 218 valence electrons. The van der Waals surface area contributed by atoms with Crippen molar-refractivity contribution < 1.29 is 32.5 Å².